The van der Waals surface area contributed by atoms with Crippen molar-refractivity contribution in [3.63, 3.8) is 0 Å². The molecule has 3 aromatic rings. The summed E-state index contributed by atoms with van der Waals surface area (Å²) in [4.78, 5) is 17.5. The number of piperidine rings is 1. The number of hydrogen-bond acceptors (Lipinski definition) is 7. The van der Waals surface area contributed by atoms with Gasteiger partial charge in [0.15, 0.2) is 17.4 Å². The Kier molecular flexibility index (Phi) is 6.82. The summed E-state index contributed by atoms with van der Waals surface area (Å²) in [6.07, 6.45) is 3.93. The summed E-state index contributed by atoms with van der Waals surface area (Å²) < 4.78 is 49.2. The molecular weight excluding hydrogens is 505 g/mol. The lowest BCUT2D eigenvalue weighted by molar-refractivity contribution is 0.0591. The van der Waals surface area contributed by atoms with Gasteiger partial charge in [-0.3, -0.25) is 0 Å². The molecule has 0 radical (unpaired) electrons. The van der Waals surface area contributed by atoms with Crippen molar-refractivity contribution in [2.24, 2.45) is 0 Å². The Labute approximate surface area is 226 Å². The van der Waals surface area contributed by atoms with Crippen LogP contribution in [0.4, 0.5) is 30.6 Å². The molecular formula is C29H33F3N6O. The van der Waals surface area contributed by atoms with Crippen LogP contribution in [0.25, 0.3) is 11.3 Å². The van der Waals surface area contributed by atoms with Gasteiger partial charge in [-0.15, -0.1) is 0 Å². The Bertz CT molecular complexity index is 1370. The zero-order valence-corrected chi connectivity index (χ0v) is 22.4. The number of nitrogens with zero attached hydrogens (tertiary/aromatic N) is 5. The fourth-order valence-electron chi connectivity index (χ4n) is 5.60. The van der Waals surface area contributed by atoms with E-state index in [2.05, 4.69) is 33.3 Å². The summed E-state index contributed by atoms with van der Waals surface area (Å²) in [6, 6.07) is 6.66. The lowest BCUT2D eigenvalue weighted by atomic mass is 9.87. The van der Waals surface area contributed by atoms with Crippen LogP contribution >= 0.6 is 0 Å². The number of fused-ring (bicyclic) bond motifs is 1. The number of rotatable bonds is 6. The van der Waals surface area contributed by atoms with Crippen molar-refractivity contribution < 1.29 is 17.9 Å². The standard InChI is InChI=1S/C29H33F3N6O/c1-16(2)38-15-24(32)39-28-21(30)12-19(13-23(28)38)27-22(31)14-33-29(36-27)35-25-7-6-20(26(34-25)18-4-5-18)17-8-10-37(3)11-9-17/h6-7,12-14,16-18,24H,4-5,8-11,15H2,1-3H3,(H,33,34,35,36). The van der Waals surface area contributed by atoms with E-state index in [0.29, 0.717) is 23.3 Å². The minimum atomic E-state index is -1.65. The number of anilines is 3. The van der Waals surface area contributed by atoms with Gasteiger partial charge in [0.1, 0.15) is 11.5 Å². The molecule has 10 heteroatoms. The molecule has 2 fully saturated rings. The second kappa shape index (κ2) is 10.3. The molecule has 1 unspecified atom stereocenters. The van der Waals surface area contributed by atoms with E-state index in [9.17, 15) is 8.78 Å². The average molecular weight is 539 g/mol. The van der Waals surface area contributed by atoms with E-state index in [-0.39, 0.29) is 35.5 Å². The molecule has 0 bridgehead atoms. The first-order chi connectivity index (χ1) is 18.8. The van der Waals surface area contributed by atoms with Gasteiger partial charge in [-0.25, -0.2) is 23.7 Å². The van der Waals surface area contributed by atoms with Gasteiger partial charge in [0.25, 0.3) is 6.36 Å². The van der Waals surface area contributed by atoms with Gasteiger partial charge in [-0.1, -0.05) is 6.07 Å². The Balaban J connectivity index is 1.30. The summed E-state index contributed by atoms with van der Waals surface area (Å²) in [5, 5.41) is 3.12. The second-order valence-electron chi connectivity index (χ2n) is 11.1. The molecule has 1 aromatic carbocycles. The number of aromatic nitrogens is 3. The normalized spacial score (nSPS) is 20.2. The highest BCUT2D eigenvalue weighted by atomic mass is 19.1. The lowest BCUT2D eigenvalue weighted by Crippen LogP contribution is -2.42. The third-order valence-electron chi connectivity index (χ3n) is 7.88. The van der Waals surface area contributed by atoms with Crippen molar-refractivity contribution in [3.05, 3.63) is 53.4 Å². The van der Waals surface area contributed by atoms with E-state index in [4.69, 9.17) is 9.72 Å². The van der Waals surface area contributed by atoms with Gasteiger partial charge in [-0.2, -0.15) is 4.39 Å². The third-order valence-corrected chi connectivity index (χ3v) is 7.88. The van der Waals surface area contributed by atoms with Gasteiger partial charge in [0.2, 0.25) is 5.95 Å². The Hall–Kier alpha value is -3.40. The van der Waals surface area contributed by atoms with E-state index in [1.807, 2.05) is 19.9 Å². The molecule has 3 aliphatic rings. The highest BCUT2D eigenvalue weighted by Crippen LogP contribution is 2.45. The molecule has 0 amide bonds. The summed E-state index contributed by atoms with van der Waals surface area (Å²) in [7, 11) is 2.16. The Morgan fingerprint density at radius 2 is 1.77 bits per heavy atom. The minimum Gasteiger partial charge on any atom is -0.453 e. The number of benzene rings is 1. The second-order valence-corrected chi connectivity index (χ2v) is 11.1. The number of nitrogens with one attached hydrogen (secondary N) is 1. The molecule has 7 nitrogen and oxygen atoms in total. The van der Waals surface area contributed by atoms with Crippen LogP contribution < -0.4 is 15.0 Å². The molecule has 4 heterocycles. The maximum absolute atomic E-state index is 15.0. The van der Waals surface area contributed by atoms with Crippen molar-refractivity contribution in [2.45, 2.75) is 63.8 Å². The van der Waals surface area contributed by atoms with Gasteiger partial charge in [0.05, 0.1) is 18.4 Å². The smallest absolute Gasteiger partial charge is 0.256 e. The Morgan fingerprint density at radius 3 is 2.49 bits per heavy atom. The van der Waals surface area contributed by atoms with Crippen LogP contribution in [0.1, 0.15) is 62.6 Å². The quantitative estimate of drug-likeness (QED) is 0.404. The molecule has 0 spiro atoms. The molecule has 39 heavy (non-hydrogen) atoms. The SMILES string of the molecule is CC(C)N1CC(F)Oc2c(F)cc(-c3nc(Nc4ccc(C5CCN(C)CC5)c(C5CC5)n4)ncc3F)cc21. The maximum Gasteiger partial charge on any atom is 0.256 e. The van der Waals surface area contributed by atoms with Gasteiger partial charge in [-0.05, 0) is 89.3 Å². The van der Waals surface area contributed by atoms with Gasteiger partial charge >= 0.3 is 0 Å². The zero-order valence-electron chi connectivity index (χ0n) is 22.4. The molecule has 1 N–H and O–H groups in total. The van der Waals surface area contributed by atoms with E-state index in [1.165, 1.54) is 5.56 Å². The van der Waals surface area contributed by atoms with E-state index < -0.39 is 18.0 Å². The summed E-state index contributed by atoms with van der Waals surface area (Å²) in [5.41, 5.74) is 2.97. The van der Waals surface area contributed by atoms with Crippen LogP contribution in [0.5, 0.6) is 5.75 Å². The predicted molar refractivity (Wildman–Crippen MR) is 144 cm³/mol. The minimum absolute atomic E-state index is 0.0465. The lowest BCUT2D eigenvalue weighted by Gasteiger charge is -2.36. The first-order valence-electron chi connectivity index (χ1n) is 13.7. The summed E-state index contributed by atoms with van der Waals surface area (Å²) >= 11 is 0. The van der Waals surface area contributed by atoms with Crippen molar-refractivity contribution in [2.75, 3.05) is 36.9 Å². The van der Waals surface area contributed by atoms with Crippen molar-refractivity contribution in [3.8, 4) is 17.0 Å². The topological polar surface area (TPSA) is 66.4 Å². The Morgan fingerprint density at radius 1 is 1.00 bits per heavy atom. The van der Waals surface area contributed by atoms with Crippen molar-refractivity contribution in [1.29, 1.82) is 0 Å². The van der Waals surface area contributed by atoms with Crippen molar-refractivity contribution in [1.82, 2.24) is 19.9 Å². The van der Waals surface area contributed by atoms with Crippen LogP contribution in [0.2, 0.25) is 0 Å². The number of likely N-dealkylation sites (tertiary alicyclic amines) is 1. The maximum atomic E-state index is 15.0. The van der Waals surface area contributed by atoms with Gasteiger partial charge in [0, 0.05) is 23.2 Å². The molecule has 1 saturated heterocycles. The third kappa shape index (κ3) is 5.26. The molecule has 6 rings (SSSR count). The number of pyridine rings is 1. The number of halogens is 3. The van der Waals surface area contributed by atoms with E-state index >= 15 is 4.39 Å². The van der Waals surface area contributed by atoms with E-state index in [1.54, 1.807) is 11.0 Å². The number of alkyl halides is 1. The molecule has 2 aromatic heterocycles. The fraction of sp³-hybridized carbons (Fsp3) is 0.483. The molecule has 1 atom stereocenters. The number of ether oxygens (including phenoxy) is 1. The molecule has 1 saturated carbocycles. The molecule has 1 aliphatic carbocycles. The average Bonchev–Trinajstić information content (AvgIpc) is 3.76. The summed E-state index contributed by atoms with van der Waals surface area (Å²) in [6.45, 7) is 5.87. The zero-order chi connectivity index (χ0) is 27.3. The number of hydrogen-bond donors (Lipinski definition) is 1. The fourth-order valence-corrected chi connectivity index (χ4v) is 5.60. The van der Waals surface area contributed by atoms with Gasteiger partial charge < -0.3 is 19.9 Å². The highest BCUT2D eigenvalue weighted by Gasteiger charge is 2.32. The first kappa shape index (κ1) is 25.9. The van der Waals surface area contributed by atoms with Crippen LogP contribution in [0, 0.1) is 11.6 Å². The predicted octanol–water partition coefficient (Wildman–Crippen LogP) is 6.15. The summed E-state index contributed by atoms with van der Waals surface area (Å²) in [5.74, 6) is 0.0828. The van der Waals surface area contributed by atoms with Crippen LogP contribution in [-0.4, -0.2) is 58.9 Å². The molecule has 206 valence electrons. The highest BCUT2D eigenvalue weighted by molar-refractivity contribution is 5.73. The van der Waals surface area contributed by atoms with E-state index in [0.717, 1.165) is 56.7 Å². The van der Waals surface area contributed by atoms with Crippen molar-refractivity contribution >= 4 is 17.5 Å². The van der Waals surface area contributed by atoms with Crippen LogP contribution in [-0.2, 0) is 0 Å². The first-order valence-corrected chi connectivity index (χ1v) is 13.7. The monoisotopic (exact) mass is 538 g/mol. The molecule has 2 aliphatic heterocycles. The largest absolute Gasteiger partial charge is 0.453 e. The van der Waals surface area contributed by atoms with Crippen LogP contribution in [0.15, 0.2) is 30.5 Å². The van der Waals surface area contributed by atoms with Crippen LogP contribution in [0.3, 0.4) is 0 Å².